The maximum atomic E-state index is 12.6. The molecule has 0 radical (unpaired) electrons. The van der Waals surface area contributed by atoms with Crippen LogP contribution in [0.3, 0.4) is 0 Å². The predicted octanol–water partition coefficient (Wildman–Crippen LogP) is 1.73. The minimum absolute atomic E-state index is 0.0654. The van der Waals surface area contributed by atoms with Crippen LogP contribution in [0.5, 0.6) is 0 Å². The number of nitrogens with one attached hydrogen (secondary N) is 1. The van der Waals surface area contributed by atoms with Gasteiger partial charge >= 0.3 is 0 Å². The van der Waals surface area contributed by atoms with Crippen molar-refractivity contribution in [3.05, 3.63) is 40.8 Å². The Labute approximate surface area is 168 Å². The maximum Gasteiger partial charge on any atom is 0.266 e. The molecule has 1 N–H and O–H groups in total. The van der Waals surface area contributed by atoms with Crippen molar-refractivity contribution in [1.82, 2.24) is 15.1 Å². The number of morpholine rings is 1. The minimum Gasteiger partial charge on any atom is -0.379 e. The van der Waals surface area contributed by atoms with E-state index in [1.807, 2.05) is 36.4 Å². The second-order valence-electron chi connectivity index (χ2n) is 6.30. The van der Waals surface area contributed by atoms with Crippen LogP contribution in [0, 0.1) is 0 Å². The van der Waals surface area contributed by atoms with Crippen LogP contribution in [0.25, 0.3) is 6.08 Å². The van der Waals surface area contributed by atoms with Gasteiger partial charge in [-0.05, 0) is 11.6 Å². The van der Waals surface area contributed by atoms with Crippen molar-refractivity contribution in [3.8, 4) is 0 Å². The Balaban J connectivity index is 1.43. The summed E-state index contributed by atoms with van der Waals surface area (Å²) < 4.78 is 5.81. The van der Waals surface area contributed by atoms with Crippen LogP contribution in [0.2, 0.25) is 0 Å². The monoisotopic (exact) mass is 405 g/mol. The molecule has 2 aliphatic rings. The van der Waals surface area contributed by atoms with Crippen molar-refractivity contribution in [3.63, 3.8) is 0 Å². The molecular formula is C19H23N3O3S2. The standard InChI is InChI=1S/C19H23N3O3S2/c23-17(20-7-9-21-10-12-25-13-11-21)6-8-22-18(24)16(27-19(22)26)14-15-4-2-1-3-5-15/h1-5,14H,6-13H2,(H,20,23)/b16-14-. The molecule has 3 rings (SSSR count). The molecule has 2 fully saturated rings. The number of hydrogen-bond acceptors (Lipinski definition) is 6. The number of hydrogen-bond donors (Lipinski definition) is 1. The average Bonchev–Trinajstić information content (AvgIpc) is 2.95. The summed E-state index contributed by atoms with van der Waals surface area (Å²) in [6, 6.07) is 9.66. The number of thioether (sulfide) groups is 1. The molecule has 144 valence electrons. The van der Waals surface area contributed by atoms with E-state index >= 15 is 0 Å². The fourth-order valence-corrected chi connectivity index (χ4v) is 4.18. The number of carbonyl (C=O) groups excluding carboxylic acids is 2. The lowest BCUT2D eigenvalue weighted by Gasteiger charge is -2.26. The summed E-state index contributed by atoms with van der Waals surface area (Å²) in [5.74, 6) is -0.195. The lowest BCUT2D eigenvalue weighted by molar-refractivity contribution is -0.123. The zero-order chi connectivity index (χ0) is 19.1. The Morgan fingerprint density at radius 3 is 2.70 bits per heavy atom. The van der Waals surface area contributed by atoms with Crippen molar-refractivity contribution in [1.29, 1.82) is 0 Å². The number of amides is 2. The van der Waals surface area contributed by atoms with E-state index in [2.05, 4.69) is 10.2 Å². The molecular weight excluding hydrogens is 382 g/mol. The molecule has 0 bridgehead atoms. The summed E-state index contributed by atoms with van der Waals surface area (Å²) in [6.45, 7) is 5.03. The van der Waals surface area contributed by atoms with Crippen molar-refractivity contribution < 1.29 is 14.3 Å². The molecule has 0 saturated carbocycles. The van der Waals surface area contributed by atoms with Gasteiger partial charge in [-0.1, -0.05) is 54.3 Å². The normalized spacial score (nSPS) is 19.7. The molecule has 0 spiro atoms. The Morgan fingerprint density at radius 2 is 1.96 bits per heavy atom. The molecule has 0 unspecified atom stereocenters. The van der Waals surface area contributed by atoms with Crippen molar-refractivity contribution in [2.45, 2.75) is 6.42 Å². The molecule has 0 aromatic heterocycles. The Kier molecular flexibility index (Phi) is 7.40. The second-order valence-corrected chi connectivity index (χ2v) is 7.97. The second kappa shape index (κ2) is 9.98. The van der Waals surface area contributed by atoms with Gasteiger partial charge in [0.05, 0.1) is 18.1 Å². The number of rotatable bonds is 7. The zero-order valence-corrected chi connectivity index (χ0v) is 16.7. The highest BCUT2D eigenvalue weighted by molar-refractivity contribution is 8.26. The van der Waals surface area contributed by atoms with E-state index in [0.29, 0.717) is 22.3 Å². The number of thiocarbonyl (C=S) groups is 1. The molecule has 2 aliphatic heterocycles. The molecule has 8 heteroatoms. The van der Waals surface area contributed by atoms with Crippen molar-refractivity contribution >= 4 is 46.2 Å². The fraction of sp³-hybridized carbons (Fsp3) is 0.421. The quantitative estimate of drug-likeness (QED) is 0.551. The number of carbonyl (C=O) groups is 2. The Morgan fingerprint density at radius 1 is 1.22 bits per heavy atom. The number of benzene rings is 1. The lowest BCUT2D eigenvalue weighted by atomic mass is 10.2. The van der Waals surface area contributed by atoms with E-state index < -0.39 is 0 Å². The number of nitrogens with zero attached hydrogens (tertiary/aromatic N) is 2. The summed E-state index contributed by atoms with van der Waals surface area (Å²) in [5.41, 5.74) is 0.957. The van der Waals surface area contributed by atoms with Gasteiger partial charge in [-0.25, -0.2) is 0 Å². The molecule has 0 atom stereocenters. The largest absolute Gasteiger partial charge is 0.379 e. The summed E-state index contributed by atoms with van der Waals surface area (Å²) in [6.07, 6.45) is 2.08. The van der Waals surface area contributed by atoms with Crippen LogP contribution in [0.4, 0.5) is 0 Å². The first-order valence-corrected chi connectivity index (χ1v) is 10.2. The molecule has 27 heavy (non-hydrogen) atoms. The van der Waals surface area contributed by atoms with E-state index in [0.717, 1.165) is 38.4 Å². The highest BCUT2D eigenvalue weighted by atomic mass is 32.2. The Hall–Kier alpha value is -1.74. The third-order valence-corrected chi connectivity index (χ3v) is 5.77. The summed E-state index contributed by atoms with van der Waals surface area (Å²) >= 11 is 6.60. The van der Waals surface area contributed by atoms with Gasteiger partial charge in [-0.3, -0.25) is 19.4 Å². The summed E-state index contributed by atoms with van der Waals surface area (Å²) in [5, 5.41) is 2.91. The number of ether oxygens (including phenoxy) is 1. The van der Waals surface area contributed by atoms with Crippen molar-refractivity contribution in [2.75, 3.05) is 45.9 Å². The highest BCUT2D eigenvalue weighted by Crippen LogP contribution is 2.32. The third-order valence-electron chi connectivity index (χ3n) is 4.39. The van der Waals surface area contributed by atoms with Gasteiger partial charge in [0, 0.05) is 39.1 Å². The molecule has 1 aromatic carbocycles. The smallest absolute Gasteiger partial charge is 0.266 e. The van der Waals surface area contributed by atoms with Crippen LogP contribution in [0.15, 0.2) is 35.2 Å². The highest BCUT2D eigenvalue weighted by Gasteiger charge is 2.32. The van der Waals surface area contributed by atoms with E-state index in [4.69, 9.17) is 17.0 Å². The SMILES string of the molecule is O=C(CCN1C(=O)/C(=C/c2ccccc2)SC1=S)NCCN1CCOCC1. The first kappa shape index (κ1) is 20.0. The van der Waals surface area contributed by atoms with Gasteiger partial charge in [0.25, 0.3) is 5.91 Å². The van der Waals surface area contributed by atoms with Crippen LogP contribution < -0.4 is 5.32 Å². The van der Waals surface area contributed by atoms with Gasteiger partial charge in [0.15, 0.2) is 0 Å². The predicted molar refractivity (Wildman–Crippen MR) is 111 cm³/mol. The molecule has 2 saturated heterocycles. The van der Waals surface area contributed by atoms with E-state index in [9.17, 15) is 9.59 Å². The van der Waals surface area contributed by atoms with Crippen molar-refractivity contribution in [2.24, 2.45) is 0 Å². The molecule has 0 aliphatic carbocycles. The third kappa shape index (κ3) is 5.87. The van der Waals surface area contributed by atoms with E-state index in [-0.39, 0.29) is 18.2 Å². The van der Waals surface area contributed by atoms with Crippen LogP contribution in [-0.4, -0.2) is 71.9 Å². The van der Waals surface area contributed by atoms with Crippen LogP contribution in [0.1, 0.15) is 12.0 Å². The molecule has 6 nitrogen and oxygen atoms in total. The Bertz CT molecular complexity index is 718. The zero-order valence-electron chi connectivity index (χ0n) is 15.1. The van der Waals surface area contributed by atoms with Crippen LogP contribution in [-0.2, 0) is 14.3 Å². The average molecular weight is 406 g/mol. The maximum absolute atomic E-state index is 12.6. The van der Waals surface area contributed by atoms with Gasteiger partial charge < -0.3 is 10.1 Å². The first-order valence-electron chi connectivity index (χ1n) is 9.01. The lowest BCUT2D eigenvalue weighted by Crippen LogP contribution is -2.41. The summed E-state index contributed by atoms with van der Waals surface area (Å²) in [7, 11) is 0. The molecule has 2 heterocycles. The topological polar surface area (TPSA) is 61.9 Å². The summed E-state index contributed by atoms with van der Waals surface area (Å²) in [4.78, 5) is 29.0. The van der Waals surface area contributed by atoms with E-state index in [1.54, 1.807) is 0 Å². The fourth-order valence-electron chi connectivity index (χ4n) is 2.87. The molecule has 2 amide bonds. The van der Waals surface area contributed by atoms with E-state index in [1.165, 1.54) is 16.7 Å². The van der Waals surface area contributed by atoms with Gasteiger partial charge in [-0.2, -0.15) is 0 Å². The first-order chi connectivity index (χ1) is 13.1. The van der Waals surface area contributed by atoms with Crippen LogP contribution >= 0.6 is 24.0 Å². The van der Waals surface area contributed by atoms with Gasteiger partial charge in [0.2, 0.25) is 5.91 Å². The minimum atomic E-state index is -0.130. The van der Waals surface area contributed by atoms with Gasteiger partial charge in [0.1, 0.15) is 4.32 Å². The molecule has 1 aromatic rings. The van der Waals surface area contributed by atoms with Gasteiger partial charge in [-0.15, -0.1) is 0 Å².